The Morgan fingerprint density at radius 3 is 2.96 bits per heavy atom. The van der Waals surface area contributed by atoms with Crippen molar-refractivity contribution in [2.45, 2.75) is 43.4 Å². The van der Waals surface area contributed by atoms with Crippen molar-refractivity contribution < 1.29 is 18.6 Å². The minimum atomic E-state index is -0.642. The average molecular weight is 371 g/mol. The summed E-state index contributed by atoms with van der Waals surface area (Å²) in [5.74, 6) is 0.242. The first kappa shape index (κ1) is 17.1. The van der Waals surface area contributed by atoms with E-state index in [1.165, 1.54) is 6.20 Å². The van der Waals surface area contributed by atoms with E-state index >= 15 is 0 Å². The maximum Gasteiger partial charge on any atom is 0.220 e. The predicted octanol–water partition coefficient (Wildman–Crippen LogP) is 2.28. The van der Waals surface area contributed by atoms with Crippen LogP contribution in [0.5, 0.6) is 5.75 Å². The van der Waals surface area contributed by atoms with Crippen molar-refractivity contribution in [3.05, 3.63) is 48.0 Å². The van der Waals surface area contributed by atoms with Crippen LogP contribution in [0.25, 0.3) is 11.1 Å². The topological polar surface area (TPSA) is 78.6 Å². The summed E-state index contributed by atoms with van der Waals surface area (Å²) >= 11 is 0. The van der Waals surface area contributed by atoms with E-state index < -0.39 is 23.4 Å². The first-order valence-electron chi connectivity index (χ1n) is 9.23. The molecule has 4 atom stereocenters. The Labute approximate surface area is 156 Å². The molecule has 1 aromatic carbocycles. The molecular formula is C20H22FN3O3. The van der Waals surface area contributed by atoms with Crippen molar-refractivity contribution >= 4 is 0 Å². The molecule has 3 N–H and O–H groups in total. The maximum atomic E-state index is 14.2. The molecule has 0 amide bonds. The molecule has 142 valence electrons. The quantitative estimate of drug-likeness (QED) is 0.749. The van der Waals surface area contributed by atoms with Gasteiger partial charge in [-0.05, 0) is 49.6 Å². The molecule has 27 heavy (non-hydrogen) atoms. The number of pyridine rings is 1. The number of ether oxygens (including phenoxy) is 3. The Morgan fingerprint density at radius 2 is 2.19 bits per heavy atom. The van der Waals surface area contributed by atoms with Crippen LogP contribution in [0.2, 0.25) is 0 Å². The summed E-state index contributed by atoms with van der Waals surface area (Å²) in [5.41, 5.74) is 6.96. The van der Waals surface area contributed by atoms with Gasteiger partial charge in [0.25, 0.3) is 0 Å². The van der Waals surface area contributed by atoms with Gasteiger partial charge < -0.3 is 14.2 Å². The summed E-state index contributed by atoms with van der Waals surface area (Å²) < 4.78 is 32.5. The molecule has 0 saturated carbocycles. The molecule has 0 radical (unpaired) electrons. The molecule has 1 spiro atoms. The van der Waals surface area contributed by atoms with Gasteiger partial charge in [-0.25, -0.2) is 4.98 Å². The molecule has 3 aliphatic heterocycles. The van der Waals surface area contributed by atoms with Crippen molar-refractivity contribution in [3.8, 4) is 16.9 Å². The normalized spacial score (nSPS) is 34.8. The van der Waals surface area contributed by atoms with Crippen molar-refractivity contribution in [3.63, 3.8) is 0 Å². The molecule has 0 aliphatic carbocycles. The highest BCUT2D eigenvalue weighted by Gasteiger charge is 2.60. The summed E-state index contributed by atoms with van der Waals surface area (Å²) in [5, 5.41) is 3.38. The van der Waals surface area contributed by atoms with Gasteiger partial charge in [-0.15, -0.1) is 0 Å². The summed E-state index contributed by atoms with van der Waals surface area (Å²) in [4.78, 5) is 3.76. The molecule has 2 fully saturated rings. The lowest BCUT2D eigenvalue weighted by atomic mass is 9.72. The monoisotopic (exact) mass is 371 g/mol. The van der Waals surface area contributed by atoms with Crippen LogP contribution in [0.15, 0.2) is 36.5 Å². The molecular weight excluding hydrogens is 349 g/mol. The van der Waals surface area contributed by atoms with Gasteiger partial charge in [-0.2, -0.15) is 4.39 Å². The molecule has 2 aromatic rings. The fourth-order valence-electron chi connectivity index (χ4n) is 4.69. The number of halogens is 1. The van der Waals surface area contributed by atoms with Crippen LogP contribution in [0.4, 0.5) is 4.39 Å². The van der Waals surface area contributed by atoms with Gasteiger partial charge in [0.15, 0.2) is 6.35 Å². The van der Waals surface area contributed by atoms with Crippen molar-refractivity contribution in [1.82, 2.24) is 10.3 Å². The number of aromatic nitrogens is 1. The van der Waals surface area contributed by atoms with Gasteiger partial charge in [0, 0.05) is 23.9 Å². The van der Waals surface area contributed by atoms with E-state index in [1.54, 1.807) is 12.1 Å². The number of nitrogens with zero attached hydrogens (tertiary/aromatic N) is 1. The minimum Gasteiger partial charge on any atom is -0.484 e. The van der Waals surface area contributed by atoms with Gasteiger partial charge >= 0.3 is 0 Å². The molecule has 6 nitrogen and oxygen atoms in total. The van der Waals surface area contributed by atoms with Crippen LogP contribution in [0.3, 0.4) is 0 Å². The number of hydrogen-bond donors (Lipinski definition) is 2. The molecule has 2 saturated heterocycles. The standard InChI is InChI=1S/C20H22FN3O3/c1-19-7-3-9-25-17(19)20(11-26-18(22)24-20)14-10-12(5-6-15(14)27-19)13-4-2-8-23-16(13)21/h2,4-6,8,10,17-18,24H,3,7,9,11,22H2,1H3/t17-,18?,19?,20+/m1/s1. The molecule has 0 bridgehead atoms. The minimum absolute atomic E-state index is 0.256. The van der Waals surface area contributed by atoms with E-state index in [0.29, 0.717) is 18.8 Å². The number of hydrogen-bond acceptors (Lipinski definition) is 6. The average Bonchev–Trinajstić information content (AvgIpc) is 3.04. The lowest BCUT2D eigenvalue weighted by Gasteiger charge is -2.53. The summed E-state index contributed by atoms with van der Waals surface area (Å²) in [6.45, 7) is 3.10. The third-order valence-electron chi connectivity index (χ3n) is 5.87. The molecule has 3 aliphatic rings. The van der Waals surface area contributed by atoms with Crippen LogP contribution in [0.1, 0.15) is 25.3 Å². The van der Waals surface area contributed by atoms with E-state index in [2.05, 4.69) is 17.2 Å². The Hall–Kier alpha value is -2.06. The molecule has 4 heterocycles. The highest BCUT2D eigenvalue weighted by molar-refractivity contribution is 5.67. The van der Waals surface area contributed by atoms with Crippen LogP contribution in [0, 0.1) is 5.95 Å². The van der Waals surface area contributed by atoms with E-state index in [1.807, 2.05) is 18.2 Å². The summed E-state index contributed by atoms with van der Waals surface area (Å²) in [7, 11) is 0. The van der Waals surface area contributed by atoms with Crippen molar-refractivity contribution in [1.29, 1.82) is 0 Å². The van der Waals surface area contributed by atoms with Gasteiger partial charge in [-0.3, -0.25) is 11.1 Å². The van der Waals surface area contributed by atoms with Crippen molar-refractivity contribution in [2.75, 3.05) is 13.2 Å². The smallest absolute Gasteiger partial charge is 0.220 e. The van der Waals surface area contributed by atoms with Gasteiger partial charge in [0.05, 0.1) is 6.61 Å². The molecule has 5 rings (SSSR count). The van der Waals surface area contributed by atoms with Crippen LogP contribution in [-0.4, -0.2) is 36.3 Å². The first-order valence-corrected chi connectivity index (χ1v) is 9.23. The zero-order valence-corrected chi connectivity index (χ0v) is 15.1. The van der Waals surface area contributed by atoms with E-state index in [0.717, 1.165) is 29.7 Å². The number of fused-ring (bicyclic) bond motifs is 4. The van der Waals surface area contributed by atoms with E-state index in [9.17, 15) is 4.39 Å². The Morgan fingerprint density at radius 1 is 1.30 bits per heavy atom. The second-order valence-corrected chi connectivity index (χ2v) is 7.67. The Bertz CT molecular complexity index is 895. The van der Waals surface area contributed by atoms with Crippen LogP contribution < -0.4 is 15.8 Å². The van der Waals surface area contributed by atoms with Gasteiger partial charge in [0.1, 0.15) is 23.0 Å². The maximum absolute atomic E-state index is 14.2. The number of nitrogens with two attached hydrogens (primary N) is 1. The highest BCUT2D eigenvalue weighted by Crippen LogP contribution is 2.51. The Balaban J connectivity index is 1.69. The predicted molar refractivity (Wildman–Crippen MR) is 96.4 cm³/mol. The number of benzene rings is 1. The third kappa shape index (κ3) is 2.50. The molecule has 2 unspecified atom stereocenters. The molecule has 1 aromatic heterocycles. The van der Waals surface area contributed by atoms with E-state index in [-0.39, 0.29) is 6.10 Å². The zero-order valence-electron chi connectivity index (χ0n) is 15.1. The fraction of sp³-hybridized carbons (Fsp3) is 0.450. The van der Waals surface area contributed by atoms with Crippen LogP contribution >= 0.6 is 0 Å². The third-order valence-corrected chi connectivity index (χ3v) is 5.87. The van der Waals surface area contributed by atoms with Crippen molar-refractivity contribution in [2.24, 2.45) is 5.73 Å². The Kier molecular flexibility index (Phi) is 3.77. The fourth-order valence-corrected chi connectivity index (χ4v) is 4.69. The van der Waals surface area contributed by atoms with Crippen LogP contribution in [-0.2, 0) is 15.0 Å². The first-order chi connectivity index (χ1) is 13.0. The lowest BCUT2D eigenvalue weighted by molar-refractivity contribution is -0.170. The summed E-state index contributed by atoms with van der Waals surface area (Å²) in [6, 6.07) is 9.11. The highest BCUT2D eigenvalue weighted by atomic mass is 19.1. The second kappa shape index (κ2) is 5.97. The lowest BCUT2D eigenvalue weighted by Crippen LogP contribution is -2.67. The van der Waals surface area contributed by atoms with Gasteiger partial charge in [-0.1, -0.05) is 6.07 Å². The SMILES string of the molecule is CC12CCCO[C@H]1[C@]1(COC(N)N1)c1cc(-c3cccnc3F)ccc1O2. The molecule has 7 heteroatoms. The van der Waals surface area contributed by atoms with E-state index in [4.69, 9.17) is 19.9 Å². The second-order valence-electron chi connectivity index (χ2n) is 7.67. The van der Waals surface area contributed by atoms with Gasteiger partial charge in [0.2, 0.25) is 5.95 Å². The largest absolute Gasteiger partial charge is 0.484 e. The summed E-state index contributed by atoms with van der Waals surface area (Å²) in [6.07, 6.45) is 2.41. The zero-order chi connectivity index (χ0) is 18.6. The number of nitrogens with one attached hydrogen (secondary N) is 1. The number of rotatable bonds is 1.